The lowest BCUT2D eigenvalue weighted by Crippen LogP contribution is -1.94. The van der Waals surface area contributed by atoms with Crippen LogP contribution in [0.2, 0.25) is 5.02 Å². The van der Waals surface area contributed by atoms with Gasteiger partial charge in [-0.3, -0.25) is 0 Å². The monoisotopic (exact) mass is 311 g/mol. The second-order valence-electron chi connectivity index (χ2n) is 3.67. The summed E-state index contributed by atoms with van der Waals surface area (Å²) in [4.78, 5) is 0. The molecule has 0 saturated heterocycles. The van der Waals surface area contributed by atoms with E-state index in [2.05, 4.69) is 15.9 Å². The number of aryl methyl sites for hydroxylation is 1. The van der Waals surface area contributed by atoms with Gasteiger partial charge in [-0.1, -0.05) is 39.7 Å². The molecule has 0 fully saturated rings. The predicted molar refractivity (Wildman–Crippen MR) is 74.8 cm³/mol. The summed E-state index contributed by atoms with van der Waals surface area (Å²) in [5, 5.41) is 0.504. The molecule has 17 heavy (non-hydrogen) atoms. The molecule has 2 aromatic carbocycles. The molecule has 2 rings (SSSR count). The van der Waals surface area contributed by atoms with E-state index in [1.807, 2.05) is 25.1 Å². The molecule has 0 aliphatic carbocycles. The van der Waals surface area contributed by atoms with Gasteiger partial charge in [-0.15, -0.1) is 0 Å². The second-order valence-corrected chi connectivity index (χ2v) is 4.99. The first-order chi connectivity index (χ1) is 8.08. The molecule has 0 spiro atoms. The van der Waals surface area contributed by atoms with Gasteiger partial charge in [0.2, 0.25) is 0 Å². The lowest BCUT2D eigenvalue weighted by molar-refractivity contribution is 0.481. The predicted octanol–water partition coefficient (Wildman–Crippen LogP) is 4.79. The number of hydrogen-bond acceptors (Lipinski definition) is 2. The molecule has 0 aliphatic heterocycles. The average Bonchev–Trinajstić information content (AvgIpc) is 2.28. The number of rotatable bonds is 2. The Hall–Kier alpha value is -1.19. The zero-order chi connectivity index (χ0) is 12.4. The van der Waals surface area contributed by atoms with Gasteiger partial charge in [0, 0.05) is 4.47 Å². The highest BCUT2D eigenvalue weighted by Crippen LogP contribution is 2.36. The molecule has 0 bridgehead atoms. The summed E-state index contributed by atoms with van der Waals surface area (Å²) in [6, 6.07) is 11.1. The highest BCUT2D eigenvalue weighted by Gasteiger charge is 2.09. The molecule has 0 radical (unpaired) electrons. The van der Waals surface area contributed by atoms with Gasteiger partial charge >= 0.3 is 0 Å². The van der Waals surface area contributed by atoms with Crippen molar-refractivity contribution in [1.29, 1.82) is 0 Å². The van der Waals surface area contributed by atoms with Crippen molar-refractivity contribution < 1.29 is 4.74 Å². The van der Waals surface area contributed by atoms with E-state index in [0.717, 1.165) is 15.8 Å². The molecular formula is C13H11BrClNO. The van der Waals surface area contributed by atoms with Gasteiger partial charge < -0.3 is 10.5 Å². The zero-order valence-electron chi connectivity index (χ0n) is 9.21. The number of nitrogen functional groups attached to an aromatic ring is 1. The van der Waals surface area contributed by atoms with Gasteiger partial charge in [-0.2, -0.15) is 0 Å². The van der Waals surface area contributed by atoms with Crippen molar-refractivity contribution >= 4 is 33.2 Å². The molecule has 88 valence electrons. The minimum Gasteiger partial charge on any atom is -0.453 e. The molecule has 0 atom stereocenters. The van der Waals surface area contributed by atoms with E-state index in [9.17, 15) is 0 Å². The molecule has 2 N–H and O–H groups in total. The Morgan fingerprint density at radius 1 is 1.24 bits per heavy atom. The van der Waals surface area contributed by atoms with Gasteiger partial charge in [0.1, 0.15) is 5.75 Å². The van der Waals surface area contributed by atoms with Crippen molar-refractivity contribution in [3.05, 3.63) is 51.5 Å². The molecule has 0 amide bonds. The lowest BCUT2D eigenvalue weighted by atomic mass is 10.2. The minimum atomic E-state index is 0.496. The molecule has 0 aromatic heterocycles. The first-order valence-electron chi connectivity index (χ1n) is 5.06. The van der Waals surface area contributed by atoms with E-state index < -0.39 is 0 Å². The average molecular weight is 313 g/mol. The third kappa shape index (κ3) is 2.73. The topological polar surface area (TPSA) is 35.2 Å². The number of para-hydroxylation sites is 1. The van der Waals surface area contributed by atoms with Crippen LogP contribution in [0.1, 0.15) is 5.56 Å². The fourth-order valence-electron chi connectivity index (χ4n) is 1.43. The summed E-state index contributed by atoms with van der Waals surface area (Å²) >= 11 is 9.46. The summed E-state index contributed by atoms with van der Waals surface area (Å²) < 4.78 is 6.71. The Labute approximate surface area is 113 Å². The highest BCUT2D eigenvalue weighted by molar-refractivity contribution is 9.10. The van der Waals surface area contributed by atoms with E-state index in [0.29, 0.717) is 16.5 Å². The largest absolute Gasteiger partial charge is 0.453 e. The van der Waals surface area contributed by atoms with Crippen LogP contribution in [0.3, 0.4) is 0 Å². The SMILES string of the molecule is Cc1ccc(Br)cc1Oc1c(N)cccc1Cl. The fraction of sp³-hybridized carbons (Fsp3) is 0.0769. The van der Waals surface area contributed by atoms with E-state index in [-0.39, 0.29) is 0 Å². The van der Waals surface area contributed by atoms with Crippen molar-refractivity contribution in [2.75, 3.05) is 5.73 Å². The van der Waals surface area contributed by atoms with Crippen molar-refractivity contribution in [2.24, 2.45) is 0 Å². The number of nitrogens with two attached hydrogens (primary N) is 1. The molecule has 0 saturated carbocycles. The quantitative estimate of drug-likeness (QED) is 0.810. The van der Waals surface area contributed by atoms with Crippen molar-refractivity contribution in [3.63, 3.8) is 0 Å². The third-order valence-corrected chi connectivity index (χ3v) is 3.15. The number of hydrogen-bond donors (Lipinski definition) is 1. The Kier molecular flexibility index (Phi) is 3.60. The molecule has 0 heterocycles. The molecular weight excluding hydrogens is 302 g/mol. The number of ether oxygens (including phenoxy) is 1. The molecule has 4 heteroatoms. The Bertz CT molecular complexity index is 537. The second kappa shape index (κ2) is 4.98. The van der Waals surface area contributed by atoms with Crippen LogP contribution < -0.4 is 10.5 Å². The van der Waals surface area contributed by atoms with Crippen LogP contribution in [0, 0.1) is 6.92 Å². The van der Waals surface area contributed by atoms with Gasteiger partial charge in [-0.25, -0.2) is 0 Å². The van der Waals surface area contributed by atoms with E-state index in [1.54, 1.807) is 18.2 Å². The smallest absolute Gasteiger partial charge is 0.168 e. The van der Waals surface area contributed by atoms with Crippen LogP contribution >= 0.6 is 27.5 Å². The van der Waals surface area contributed by atoms with Crippen molar-refractivity contribution in [1.82, 2.24) is 0 Å². The standard InChI is InChI=1S/C13H11BrClNO/c1-8-5-6-9(14)7-12(8)17-13-10(15)3-2-4-11(13)16/h2-7H,16H2,1H3. The Morgan fingerprint density at radius 2 is 2.00 bits per heavy atom. The zero-order valence-corrected chi connectivity index (χ0v) is 11.5. The lowest BCUT2D eigenvalue weighted by Gasteiger charge is -2.12. The van der Waals surface area contributed by atoms with Crippen LogP contribution in [0.4, 0.5) is 5.69 Å². The van der Waals surface area contributed by atoms with Crippen LogP contribution in [-0.2, 0) is 0 Å². The van der Waals surface area contributed by atoms with E-state index >= 15 is 0 Å². The summed E-state index contributed by atoms with van der Waals surface area (Å²) in [5.41, 5.74) is 7.38. The maximum absolute atomic E-state index is 6.05. The summed E-state index contributed by atoms with van der Waals surface area (Å²) in [6.07, 6.45) is 0. The molecule has 2 aromatic rings. The van der Waals surface area contributed by atoms with Crippen molar-refractivity contribution in [3.8, 4) is 11.5 Å². The summed E-state index contributed by atoms with van der Waals surface area (Å²) in [6.45, 7) is 1.97. The summed E-state index contributed by atoms with van der Waals surface area (Å²) in [5.74, 6) is 1.23. The highest BCUT2D eigenvalue weighted by atomic mass is 79.9. The minimum absolute atomic E-state index is 0.496. The van der Waals surface area contributed by atoms with Gasteiger partial charge in [0.25, 0.3) is 0 Å². The third-order valence-electron chi connectivity index (χ3n) is 2.36. The summed E-state index contributed by atoms with van der Waals surface area (Å²) in [7, 11) is 0. The molecule has 0 aliphatic rings. The van der Waals surface area contributed by atoms with Crippen LogP contribution in [-0.4, -0.2) is 0 Å². The van der Waals surface area contributed by atoms with E-state index in [4.69, 9.17) is 22.1 Å². The molecule has 0 unspecified atom stereocenters. The molecule has 2 nitrogen and oxygen atoms in total. The van der Waals surface area contributed by atoms with Crippen LogP contribution in [0.15, 0.2) is 40.9 Å². The maximum Gasteiger partial charge on any atom is 0.168 e. The first-order valence-corrected chi connectivity index (χ1v) is 6.23. The number of halogens is 2. The van der Waals surface area contributed by atoms with Crippen LogP contribution in [0.25, 0.3) is 0 Å². The number of anilines is 1. The van der Waals surface area contributed by atoms with E-state index in [1.165, 1.54) is 0 Å². The number of benzene rings is 2. The van der Waals surface area contributed by atoms with Gasteiger partial charge in [0.15, 0.2) is 5.75 Å². The van der Waals surface area contributed by atoms with Crippen molar-refractivity contribution in [2.45, 2.75) is 6.92 Å². The Morgan fingerprint density at radius 3 is 2.71 bits per heavy atom. The Balaban J connectivity index is 2.41. The first kappa shape index (κ1) is 12.3. The normalized spacial score (nSPS) is 10.3. The van der Waals surface area contributed by atoms with Gasteiger partial charge in [0.05, 0.1) is 10.7 Å². The van der Waals surface area contributed by atoms with Crippen LogP contribution in [0.5, 0.6) is 11.5 Å². The maximum atomic E-state index is 6.05. The fourth-order valence-corrected chi connectivity index (χ4v) is 1.99. The van der Waals surface area contributed by atoms with Gasteiger partial charge in [-0.05, 0) is 36.8 Å².